The fourth-order valence-corrected chi connectivity index (χ4v) is 1.78. The van der Waals surface area contributed by atoms with Crippen LogP contribution in [0.5, 0.6) is 0 Å². The maximum absolute atomic E-state index is 13.1. The Labute approximate surface area is 120 Å². The van der Waals surface area contributed by atoms with Gasteiger partial charge in [-0.1, -0.05) is 13.8 Å². The van der Waals surface area contributed by atoms with Gasteiger partial charge in [0.25, 0.3) is 0 Å². The Balaban J connectivity index is 3.35. The van der Waals surface area contributed by atoms with Crippen molar-refractivity contribution in [2.45, 2.75) is 33.1 Å². The Hall–Kier alpha value is -1.70. The van der Waals surface area contributed by atoms with Crippen LogP contribution >= 0.6 is 0 Å². The van der Waals surface area contributed by atoms with Gasteiger partial charge in [0.15, 0.2) is 11.5 Å². The molecule has 21 heavy (non-hydrogen) atoms. The van der Waals surface area contributed by atoms with Crippen LogP contribution in [0.2, 0.25) is 0 Å². The van der Waals surface area contributed by atoms with Crippen molar-refractivity contribution in [3.05, 3.63) is 23.3 Å². The van der Waals surface area contributed by atoms with E-state index in [2.05, 4.69) is 14.7 Å². The van der Waals surface area contributed by atoms with Gasteiger partial charge < -0.3 is 9.47 Å². The van der Waals surface area contributed by atoms with Gasteiger partial charge in [0.1, 0.15) is 11.7 Å². The van der Waals surface area contributed by atoms with Gasteiger partial charge in [0.05, 0.1) is 6.61 Å². The molecule has 0 saturated carbocycles. The molecule has 5 nitrogen and oxygen atoms in total. The summed E-state index contributed by atoms with van der Waals surface area (Å²) in [5, 5.41) is 0. The highest BCUT2D eigenvalue weighted by Crippen LogP contribution is 2.32. The second-order valence-corrected chi connectivity index (χ2v) is 4.61. The zero-order valence-electron chi connectivity index (χ0n) is 12.2. The normalized spacial score (nSPS) is 13.3. The van der Waals surface area contributed by atoms with Crippen LogP contribution in [-0.2, 0) is 15.7 Å². The molecule has 1 heterocycles. The van der Waals surface area contributed by atoms with Crippen molar-refractivity contribution in [1.82, 2.24) is 9.97 Å². The molecule has 1 atom stereocenters. The van der Waals surface area contributed by atoms with E-state index in [-0.39, 0.29) is 18.3 Å². The van der Waals surface area contributed by atoms with E-state index in [4.69, 9.17) is 4.74 Å². The number of esters is 1. The zero-order valence-corrected chi connectivity index (χ0v) is 12.2. The SMILES string of the molecule is CCOC(=O)c1cnc(C(OC)C(C)C)nc1C(F)(F)F. The molecule has 1 rings (SSSR count). The molecule has 0 bridgehead atoms. The maximum atomic E-state index is 13.1. The molecule has 8 heteroatoms. The first-order valence-corrected chi connectivity index (χ1v) is 6.36. The van der Waals surface area contributed by atoms with Crippen molar-refractivity contribution < 1.29 is 27.4 Å². The van der Waals surface area contributed by atoms with Crippen LogP contribution in [0.3, 0.4) is 0 Å². The summed E-state index contributed by atoms with van der Waals surface area (Å²) < 4.78 is 48.9. The van der Waals surface area contributed by atoms with Gasteiger partial charge >= 0.3 is 12.1 Å². The summed E-state index contributed by atoms with van der Waals surface area (Å²) in [6.07, 6.45) is -4.64. The molecule has 0 fully saturated rings. The summed E-state index contributed by atoms with van der Waals surface area (Å²) in [7, 11) is 1.36. The number of carbonyl (C=O) groups is 1. The number of methoxy groups -OCH3 is 1. The molecule has 0 aliphatic rings. The van der Waals surface area contributed by atoms with E-state index in [1.165, 1.54) is 14.0 Å². The van der Waals surface area contributed by atoms with Gasteiger partial charge in [-0.15, -0.1) is 0 Å². The monoisotopic (exact) mass is 306 g/mol. The molecule has 0 aliphatic heterocycles. The number of ether oxygens (including phenoxy) is 2. The molecule has 1 unspecified atom stereocenters. The second-order valence-electron chi connectivity index (χ2n) is 4.61. The van der Waals surface area contributed by atoms with E-state index in [9.17, 15) is 18.0 Å². The maximum Gasteiger partial charge on any atom is 0.434 e. The number of rotatable bonds is 5. The molecular weight excluding hydrogens is 289 g/mol. The topological polar surface area (TPSA) is 61.3 Å². The van der Waals surface area contributed by atoms with Crippen LogP contribution in [0.15, 0.2) is 6.20 Å². The molecule has 0 radical (unpaired) electrons. The Morgan fingerprint density at radius 2 is 2.00 bits per heavy atom. The molecule has 1 aromatic rings. The average molecular weight is 306 g/mol. The van der Waals surface area contributed by atoms with E-state index >= 15 is 0 Å². The van der Waals surface area contributed by atoms with Crippen LogP contribution in [0, 0.1) is 5.92 Å². The van der Waals surface area contributed by atoms with E-state index in [1.54, 1.807) is 13.8 Å². The first-order chi connectivity index (χ1) is 9.72. The smallest absolute Gasteiger partial charge is 0.434 e. The largest absolute Gasteiger partial charge is 0.462 e. The minimum Gasteiger partial charge on any atom is -0.462 e. The highest BCUT2D eigenvalue weighted by atomic mass is 19.4. The van der Waals surface area contributed by atoms with Gasteiger partial charge in [0, 0.05) is 13.3 Å². The van der Waals surface area contributed by atoms with Gasteiger partial charge in [-0.3, -0.25) is 0 Å². The van der Waals surface area contributed by atoms with E-state index in [0.29, 0.717) is 0 Å². The zero-order chi connectivity index (χ0) is 16.2. The summed E-state index contributed by atoms with van der Waals surface area (Å²) in [5.41, 5.74) is -2.01. The lowest BCUT2D eigenvalue weighted by atomic mass is 10.1. The first kappa shape index (κ1) is 17.4. The van der Waals surface area contributed by atoms with Crippen LogP contribution in [0.25, 0.3) is 0 Å². The fourth-order valence-electron chi connectivity index (χ4n) is 1.78. The Morgan fingerprint density at radius 3 is 2.43 bits per heavy atom. The summed E-state index contributed by atoms with van der Waals surface area (Å²) >= 11 is 0. The molecule has 0 amide bonds. The van der Waals surface area contributed by atoms with Crippen molar-refractivity contribution in [3.8, 4) is 0 Å². The number of hydrogen-bond acceptors (Lipinski definition) is 5. The van der Waals surface area contributed by atoms with Crippen molar-refractivity contribution >= 4 is 5.97 Å². The minimum absolute atomic E-state index is 0.0371. The van der Waals surface area contributed by atoms with E-state index < -0.39 is 29.5 Å². The lowest BCUT2D eigenvalue weighted by Gasteiger charge is -2.19. The van der Waals surface area contributed by atoms with Gasteiger partial charge in [-0.25, -0.2) is 14.8 Å². The first-order valence-electron chi connectivity index (χ1n) is 6.36. The number of carbonyl (C=O) groups excluding carboxylic acids is 1. The summed E-state index contributed by atoms with van der Waals surface area (Å²) in [4.78, 5) is 18.9. The highest BCUT2D eigenvalue weighted by molar-refractivity contribution is 5.90. The Kier molecular flexibility index (Phi) is 5.65. The minimum atomic E-state index is -4.78. The molecule has 0 N–H and O–H groups in total. The van der Waals surface area contributed by atoms with Crippen LogP contribution < -0.4 is 0 Å². The molecule has 0 aliphatic carbocycles. The Bertz CT molecular complexity index is 504. The molecule has 118 valence electrons. The fraction of sp³-hybridized carbons (Fsp3) is 0.615. The molecule has 0 saturated heterocycles. The van der Waals surface area contributed by atoms with Crippen molar-refractivity contribution in [2.75, 3.05) is 13.7 Å². The number of hydrogen-bond donors (Lipinski definition) is 0. The summed E-state index contributed by atoms with van der Waals surface area (Å²) in [5.74, 6) is -1.34. The van der Waals surface area contributed by atoms with Crippen molar-refractivity contribution in [3.63, 3.8) is 0 Å². The van der Waals surface area contributed by atoms with Crippen molar-refractivity contribution in [1.29, 1.82) is 0 Å². The van der Waals surface area contributed by atoms with Crippen LogP contribution in [0.4, 0.5) is 13.2 Å². The van der Waals surface area contributed by atoms with Crippen LogP contribution in [0.1, 0.15) is 48.8 Å². The molecule has 0 aromatic carbocycles. The van der Waals surface area contributed by atoms with E-state index in [1.807, 2.05) is 0 Å². The third kappa shape index (κ3) is 4.13. The number of aromatic nitrogens is 2. The number of alkyl halides is 3. The lowest BCUT2D eigenvalue weighted by Crippen LogP contribution is -2.22. The quantitative estimate of drug-likeness (QED) is 0.783. The van der Waals surface area contributed by atoms with Gasteiger partial charge in [0.2, 0.25) is 0 Å². The van der Waals surface area contributed by atoms with E-state index in [0.717, 1.165) is 6.20 Å². The third-order valence-electron chi connectivity index (χ3n) is 2.69. The third-order valence-corrected chi connectivity index (χ3v) is 2.69. The summed E-state index contributed by atoms with van der Waals surface area (Å²) in [6.45, 7) is 5.00. The van der Waals surface area contributed by atoms with Gasteiger partial charge in [-0.05, 0) is 12.8 Å². The molecule has 0 spiro atoms. The molecule has 1 aromatic heterocycles. The predicted molar refractivity (Wildman–Crippen MR) is 67.6 cm³/mol. The standard InChI is InChI=1S/C13H17F3N2O3/c1-5-21-12(19)8-6-17-11(9(20-4)7(2)3)18-10(8)13(14,15)16/h6-7,9H,5H2,1-4H3. The summed E-state index contributed by atoms with van der Waals surface area (Å²) in [6, 6.07) is 0. The predicted octanol–water partition coefficient (Wildman–Crippen LogP) is 3.02. The molecular formula is C13H17F3N2O3. The number of nitrogens with zero attached hydrogens (tertiary/aromatic N) is 2. The average Bonchev–Trinajstić information content (AvgIpc) is 2.38. The second kappa shape index (κ2) is 6.84. The van der Waals surface area contributed by atoms with Crippen molar-refractivity contribution in [2.24, 2.45) is 5.92 Å². The van der Waals surface area contributed by atoms with Gasteiger partial charge in [-0.2, -0.15) is 13.2 Å². The number of halogens is 3. The Morgan fingerprint density at radius 1 is 1.38 bits per heavy atom. The highest BCUT2D eigenvalue weighted by Gasteiger charge is 2.39. The van der Waals surface area contributed by atoms with Crippen LogP contribution in [-0.4, -0.2) is 29.7 Å². The lowest BCUT2D eigenvalue weighted by molar-refractivity contribution is -0.142.